The van der Waals surface area contributed by atoms with E-state index in [4.69, 9.17) is 21.1 Å². The second-order valence-electron chi connectivity index (χ2n) is 5.55. The van der Waals surface area contributed by atoms with Crippen LogP contribution >= 0.6 is 35.6 Å². The molecule has 0 atom stereocenters. The van der Waals surface area contributed by atoms with Crippen LogP contribution in [0.15, 0.2) is 23.3 Å². The lowest BCUT2D eigenvalue weighted by atomic mass is 10.5. The number of pyridine rings is 1. The van der Waals surface area contributed by atoms with Crippen molar-refractivity contribution in [3.63, 3.8) is 0 Å². The van der Waals surface area contributed by atoms with Gasteiger partial charge in [-0.05, 0) is 30.9 Å². The summed E-state index contributed by atoms with van der Waals surface area (Å²) in [4.78, 5) is 10.4. The Morgan fingerprint density at radius 1 is 1.46 bits per heavy atom. The second-order valence-corrected chi connectivity index (χ2v) is 5.96. The van der Waals surface area contributed by atoms with Crippen LogP contribution in [0.1, 0.15) is 12.8 Å². The predicted molar refractivity (Wildman–Crippen MR) is 108 cm³/mol. The lowest BCUT2D eigenvalue weighted by Crippen LogP contribution is -2.42. The molecule has 0 bridgehead atoms. The molecular formula is C16H26ClIN4O2. The van der Waals surface area contributed by atoms with Gasteiger partial charge in [-0.15, -0.1) is 24.0 Å². The van der Waals surface area contributed by atoms with Gasteiger partial charge in [0.15, 0.2) is 5.96 Å². The summed E-state index contributed by atoms with van der Waals surface area (Å²) in [5.41, 5.74) is 0. The second kappa shape index (κ2) is 11.7. The molecule has 1 aliphatic carbocycles. The van der Waals surface area contributed by atoms with Gasteiger partial charge >= 0.3 is 0 Å². The smallest absolute Gasteiger partial charge is 0.232 e. The van der Waals surface area contributed by atoms with E-state index < -0.39 is 0 Å². The number of guanidine groups is 1. The van der Waals surface area contributed by atoms with Crippen molar-refractivity contribution < 1.29 is 9.47 Å². The minimum Gasteiger partial charge on any atom is -0.475 e. The molecule has 8 heteroatoms. The quantitative estimate of drug-likeness (QED) is 0.261. The summed E-state index contributed by atoms with van der Waals surface area (Å²) in [6.07, 6.45) is 4.29. The first-order valence-corrected chi connectivity index (χ1v) is 8.31. The van der Waals surface area contributed by atoms with Gasteiger partial charge in [0.2, 0.25) is 5.88 Å². The number of aromatic nitrogens is 1. The maximum absolute atomic E-state index is 5.99. The first kappa shape index (κ1) is 21.2. The van der Waals surface area contributed by atoms with Gasteiger partial charge < -0.3 is 19.7 Å². The largest absolute Gasteiger partial charge is 0.475 e. The molecule has 0 spiro atoms. The molecule has 0 aliphatic heterocycles. The molecule has 0 saturated heterocycles. The van der Waals surface area contributed by atoms with Crippen LogP contribution in [-0.4, -0.2) is 62.8 Å². The van der Waals surface area contributed by atoms with Gasteiger partial charge in [0.25, 0.3) is 0 Å². The highest BCUT2D eigenvalue weighted by Crippen LogP contribution is 2.28. The van der Waals surface area contributed by atoms with Gasteiger partial charge in [0.1, 0.15) is 11.6 Å². The van der Waals surface area contributed by atoms with E-state index in [9.17, 15) is 0 Å². The van der Waals surface area contributed by atoms with Crippen molar-refractivity contribution in [3.8, 4) is 5.88 Å². The molecule has 1 aliphatic rings. The zero-order valence-corrected chi connectivity index (χ0v) is 17.3. The summed E-state index contributed by atoms with van der Waals surface area (Å²) in [5, 5.41) is 3.76. The van der Waals surface area contributed by atoms with Crippen LogP contribution in [0, 0.1) is 5.92 Å². The lowest BCUT2D eigenvalue weighted by molar-refractivity contribution is 0.115. The van der Waals surface area contributed by atoms with E-state index in [-0.39, 0.29) is 24.0 Å². The first-order valence-electron chi connectivity index (χ1n) is 7.93. The number of nitrogens with zero attached hydrogens (tertiary/aromatic N) is 3. The number of aliphatic imine (C=N–C) groups is 1. The predicted octanol–water partition coefficient (Wildman–Crippen LogP) is 2.67. The van der Waals surface area contributed by atoms with E-state index in [1.807, 2.05) is 11.9 Å². The van der Waals surface area contributed by atoms with Gasteiger partial charge in [-0.2, -0.15) is 0 Å². The Morgan fingerprint density at radius 3 is 2.92 bits per heavy atom. The van der Waals surface area contributed by atoms with Gasteiger partial charge in [-0.3, -0.25) is 4.99 Å². The molecule has 0 amide bonds. The third-order valence-electron chi connectivity index (χ3n) is 3.54. The zero-order valence-electron chi connectivity index (χ0n) is 14.2. The molecule has 0 aromatic carbocycles. The van der Waals surface area contributed by atoms with Crippen LogP contribution in [0.2, 0.25) is 5.02 Å². The maximum Gasteiger partial charge on any atom is 0.232 e. The molecule has 0 unspecified atom stereocenters. The Hall–Kier alpha value is -0.800. The standard InChI is InChI=1S/C16H25ClN4O2.HI/c1-18-16(21(2)9-11-22-12-13-5-6-13)20-8-10-23-15-14(17)4-3-7-19-15;/h3-4,7,13H,5-6,8-12H2,1-2H3,(H,18,20);1H. The molecule has 24 heavy (non-hydrogen) atoms. The highest BCUT2D eigenvalue weighted by Gasteiger charge is 2.21. The van der Waals surface area contributed by atoms with Crippen molar-refractivity contribution >= 4 is 41.5 Å². The molecule has 1 N–H and O–H groups in total. The highest BCUT2D eigenvalue weighted by molar-refractivity contribution is 14.0. The number of nitrogens with one attached hydrogen (secondary N) is 1. The average Bonchev–Trinajstić information content (AvgIpc) is 3.37. The number of likely N-dealkylation sites (N-methyl/N-ethyl adjacent to an activating group) is 1. The van der Waals surface area contributed by atoms with E-state index in [2.05, 4.69) is 15.3 Å². The molecule has 2 rings (SSSR count). The van der Waals surface area contributed by atoms with Crippen LogP contribution < -0.4 is 10.1 Å². The normalized spacial score (nSPS) is 14.0. The molecule has 1 saturated carbocycles. The van der Waals surface area contributed by atoms with E-state index in [1.54, 1.807) is 25.4 Å². The third-order valence-corrected chi connectivity index (χ3v) is 3.83. The van der Waals surface area contributed by atoms with Crippen molar-refractivity contribution in [1.29, 1.82) is 0 Å². The maximum atomic E-state index is 5.99. The molecule has 6 nitrogen and oxygen atoms in total. The average molecular weight is 469 g/mol. The number of hydrogen-bond acceptors (Lipinski definition) is 4. The Bertz CT molecular complexity index is 515. The van der Waals surface area contributed by atoms with Crippen LogP contribution in [0.4, 0.5) is 0 Å². The van der Waals surface area contributed by atoms with E-state index >= 15 is 0 Å². The topological polar surface area (TPSA) is 59.0 Å². The fourth-order valence-corrected chi connectivity index (χ4v) is 2.19. The lowest BCUT2D eigenvalue weighted by Gasteiger charge is -2.22. The van der Waals surface area contributed by atoms with Crippen molar-refractivity contribution in [2.45, 2.75) is 12.8 Å². The Kier molecular flexibility index (Phi) is 10.4. The van der Waals surface area contributed by atoms with Crippen molar-refractivity contribution in [3.05, 3.63) is 23.4 Å². The van der Waals surface area contributed by atoms with Crippen LogP contribution in [-0.2, 0) is 4.74 Å². The van der Waals surface area contributed by atoms with E-state index in [1.165, 1.54) is 12.8 Å². The molecule has 1 heterocycles. The van der Waals surface area contributed by atoms with Crippen molar-refractivity contribution in [2.24, 2.45) is 10.9 Å². The molecule has 136 valence electrons. The molecule has 1 aromatic heterocycles. The summed E-state index contributed by atoms with van der Waals surface area (Å²) in [7, 11) is 3.76. The SMILES string of the molecule is CN=C(NCCOc1ncccc1Cl)N(C)CCOCC1CC1.I. The summed E-state index contributed by atoms with van der Waals surface area (Å²) in [6.45, 7) is 3.49. The van der Waals surface area contributed by atoms with E-state index in [0.717, 1.165) is 25.0 Å². The summed E-state index contributed by atoms with van der Waals surface area (Å²) < 4.78 is 11.2. The minimum absolute atomic E-state index is 0. The zero-order chi connectivity index (χ0) is 16.5. The molecular weight excluding hydrogens is 443 g/mol. The van der Waals surface area contributed by atoms with Gasteiger partial charge in [-0.25, -0.2) is 4.98 Å². The summed E-state index contributed by atoms with van der Waals surface area (Å²) in [5.74, 6) is 2.07. The number of hydrogen-bond donors (Lipinski definition) is 1. The molecule has 1 aromatic rings. The summed E-state index contributed by atoms with van der Waals surface area (Å²) in [6, 6.07) is 3.53. The highest BCUT2D eigenvalue weighted by atomic mass is 127. The van der Waals surface area contributed by atoms with Gasteiger partial charge in [0, 0.05) is 33.4 Å². The molecule has 1 fully saturated rings. The Morgan fingerprint density at radius 2 is 2.25 bits per heavy atom. The number of rotatable bonds is 9. The first-order chi connectivity index (χ1) is 11.2. The molecule has 0 radical (unpaired) electrons. The van der Waals surface area contributed by atoms with E-state index in [0.29, 0.717) is 30.7 Å². The van der Waals surface area contributed by atoms with Crippen molar-refractivity contribution in [1.82, 2.24) is 15.2 Å². The number of halogens is 2. The van der Waals surface area contributed by atoms with Gasteiger partial charge in [0.05, 0.1) is 13.2 Å². The Labute approximate surface area is 166 Å². The third kappa shape index (κ3) is 7.85. The van der Waals surface area contributed by atoms with Crippen molar-refractivity contribution in [2.75, 3.05) is 47.0 Å². The monoisotopic (exact) mass is 468 g/mol. The Balaban J connectivity index is 0.00000288. The van der Waals surface area contributed by atoms with Crippen LogP contribution in [0.25, 0.3) is 0 Å². The van der Waals surface area contributed by atoms with Gasteiger partial charge in [-0.1, -0.05) is 11.6 Å². The van der Waals surface area contributed by atoms with Crippen LogP contribution in [0.3, 0.4) is 0 Å². The summed E-state index contributed by atoms with van der Waals surface area (Å²) >= 11 is 5.99. The fraction of sp³-hybridized carbons (Fsp3) is 0.625. The minimum atomic E-state index is 0. The fourth-order valence-electron chi connectivity index (χ4n) is 2.01. The number of ether oxygens (including phenoxy) is 2. The van der Waals surface area contributed by atoms with Crippen LogP contribution in [0.5, 0.6) is 5.88 Å².